The van der Waals surface area contributed by atoms with Crippen LogP contribution in [0.1, 0.15) is 23.6 Å². The first-order chi connectivity index (χ1) is 14.5. The van der Waals surface area contributed by atoms with Crippen molar-refractivity contribution in [1.82, 2.24) is 4.31 Å². The van der Waals surface area contributed by atoms with Crippen LogP contribution >= 0.6 is 0 Å². The van der Waals surface area contributed by atoms with E-state index in [0.29, 0.717) is 12.1 Å². The van der Waals surface area contributed by atoms with E-state index in [1.165, 1.54) is 9.87 Å². The molecule has 6 heteroatoms. The zero-order chi connectivity index (χ0) is 21.1. The van der Waals surface area contributed by atoms with Crippen LogP contribution in [0.2, 0.25) is 0 Å². The van der Waals surface area contributed by atoms with Crippen molar-refractivity contribution >= 4 is 21.6 Å². The average Bonchev–Trinajstić information content (AvgIpc) is 2.79. The van der Waals surface area contributed by atoms with Gasteiger partial charge in [0.2, 0.25) is 15.9 Å². The highest BCUT2D eigenvalue weighted by molar-refractivity contribution is 7.89. The van der Waals surface area contributed by atoms with E-state index in [1.807, 2.05) is 48.5 Å². The second kappa shape index (κ2) is 8.42. The van der Waals surface area contributed by atoms with Gasteiger partial charge in [0, 0.05) is 12.2 Å². The molecule has 1 aliphatic heterocycles. The molecule has 1 N–H and O–H groups in total. The van der Waals surface area contributed by atoms with E-state index in [9.17, 15) is 13.2 Å². The molecule has 0 unspecified atom stereocenters. The molecule has 30 heavy (non-hydrogen) atoms. The molecule has 1 heterocycles. The fraction of sp³-hybridized carbons (Fsp3) is 0.208. The maximum absolute atomic E-state index is 13.4. The van der Waals surface area contributed by atoms with Crippen molar-refractivity contribution in [2.24, 2.45) is 0 Å². The van der Waals surface area contributed by atoms with Crippen molar-refractivity contribution in [2.75, 3.05) is 5.32 Å². The van der Waals surface area contributed by atoms with Gasteiger partial charge < -0.3 is 5.32 Å². The Kier molecular flexibility index (Phi) is 5.70. The first-order valence-corrected chi connectivity index (χ1v) is 11.5. The second-order valence-electron chi connectivity index (χ2n) is 7.39. The smallest absolute Gasteiger partial charge is 0.244 e. The van der Waals surface area contributed by atoms with Gasteiger partial charge in [-0.25, -0.2) is 8.42 Å². The Balaban J connectivity index is 1.68. The molecule has 1 amide bonds. The molecule has 5 nitrogen and oxygen atoms in total. The lowest BCUT2D eigenvalue weighted by molar-refractivity contribution is -0.120. The highest BCUT2D eigenvalue weighted by Crippen LogP contribution is 2.29. The summed E-state index contributed by atoms with van der Waals surface area (Å²) >= 11 is 0. The first-order valence-electron chi connectivity index (χ1n) is 10.0. The summed E-state index contributed by atoms with van der Waals surface area (Å²) in [6.07, 6.45) is 1.25. The van der Waals surface area contributed by atoms with Crippen molar-refractivity contribution < 1.29 is 13.2 Å². The Bertz CT molecular complexity index is 1140. The number of hydrogen-bond donors (Lipinski definition) is 1. The van der Waals surface area contributed by atoms with Gasteiger partial charge in [-0.15, -0.1) is 0 Å². The number of carbonyl (C=O) groups is 1. The molecule has 4 rings (SSSR count). The topological polar surface area (TPSA) is 66.5 Å². The van der Waals surface area contributed by atoms with Crippen LogP contribution in [0.25, 0.3) is 0 Å². The Labute approximate surface area is 177 Å². The van der Waals surface area contributed by atoms with Gasteiger partial charge in [-0.1, -0.05) is 61.5 Å². The van der Waals surface area contributed by atoms with Crippen LogP contribution in [-0.2, 0) is 34.2 Å². The molecule has 0 fully saturated rings. The molecule has 3 aromatic rings. The number of aryl methyl sites for hydroxylation is 1. The van der Waals surface area contributed by atoms with Gasteiger partial charge in [0.05, 0.1) is 4.90 Å². The fourth-order valence-electron chi connectivity index (χ4n) is 3.75. The molecule has 0 bridgehead atoms. The van der Waals surface area contributed by atoms with Crippen LogP contribution in [0.3, 0.4) is 0 Å². The van der Waals surface area contributed by atoms with E-state index in [2.05, 4.69) is 12.2 Å². The maximum atomic E-state index is 13.4. The third-order valence-corrected chi connectivity index (χ3v) is 7.36. The third-order valence-electron chi connectivity index (χ3n) is 5.49. The van der Waals surface area contributed by atoms with Crippen molar-refractivity contribution in [3.8, 4) is 0 Å². The van der Waals surface area contributed by atoms with Gasteiger partial charge in [-0.2, -0.15) is 4.31 Å². The number of nitrogens with zero attached hydrogens (tertiary/aromatic N) is 1. The predicted octanol–water partition coefficient (Wildman–Crippen LogP) is 4.00. The van der Waals surface area contributed by atoms with Crippen molar-refractivity contribution in [1.29, 1.82) is 0 Å². The summed E-state index contributed by atoms with van der Waals surface area (Å²) in [4.78, 5) is 13.4. The number of rotatable bonds is 5. The highest BCUT2D eigenvalue weighted by Gasteiger charge is 2.39. The molecule has 154 valence electrons. The van der Waals surface area contributed by atoms with Gasteiger partial charge >= 0.3 is 0 Å². The lowest BCUT2D eigenvalue weighted by atomic mass is 9.95. The minimum atomic E-state index is -3.83. The summed E-state index contributed by atoms with van der Waals surface area (Å²) < 4.78 is 28.1. The molecule has 0 aliphatic carbocycles. The van der Waals surface area contributed by atoms with Crippen LogP contribution in [0.15, 0.2) is 83.8 Å². The molecule has 0 radical (unpaired) electrons. The molecule has 0 saturated heterocycles. The number of sulfonamides is 1. The van der Waals surface area contributed by atoms with Gasteiger partial charge in [-0.05, 0) is 53.8 Å². The van der Waals surface area contributed by atoms with E-state index >= 15 is 0 Å². The normalized spacial score (nSPS) is 16.6. The Morgan fingerprint density at radius 3 is 2.23 bits per heavy atom. The van der Waals surface area contributed by atoms with Crippen LogP contribution in [-0.4, -0.2) is 24.7 Å². The van der Waals surface area contributed by atoms with E-state index in [-0.39, 0.29) is 17.3 Å². The van der Waals surface area contributed by atoms with Gasteiger partial charge in [-0.3, -0.25) is 4.79 Å². The first kappa shape index (κ1) is 20.3. The zero-order valence-electron chi connectivity index (χ0n) is 16.8. The monoisotopic (exact) mass is 420 g/mol. The molecule has 0 saturated carbocycles. The quantitative estimate of drug-likeness (QED) is 0.678. The van der Waals surface area contributed by atoms with Gasteiger partial charge in [0.15, 0.2) is 0 Å². The lowest BCUT2D eigenvalue weighted by Crippen LogP contribution is -2.50. The molecule has 1 aliphatic rings. The molecule has 3 aromatic carbocycles. The predicted molar refractivity (Wildman–Crippen MR) is 118 cm³/mol. The standard InChI is InChI=1S/C24H24N2O3S/c1-2-18-12-14-21(15-13-18)25-24(27)23-16-19-8-6-7-9-20(19)17-26(23)30(28,29)22-10-4-3-5-11-22/h3-15,23H,2,16-17H2,1H3,(H,25,27)/t23-/m0/s1. The molecular weight excluding hydrogens is 396 g/mol. The van der Waals surface area contributed by atoms with Crippen molar-refractivity contribution in [3.63, 3.8) is 0 Å². The van der Waals surface area contributed by atoms with E-state index in [1.54, 1.807) is 30.3 Å². The van der Waals surface area contributed by atoms with Crippen LogP contribution in [0, 0.1) is 0 Å². The zero-order valence-corrected chi connectivity index (χ0v) is 17.6. The summed E-state index contributed by atoms with van der Waals surface area (Å²) in [5, 5.41) is 2.90. The van der Waals surface area contributed by atoms with Crippen molar-refractivity contribution in [2.45, 2.75) is 37.2 Å². The number of hydrogen-bond acceptors (Lipinski definition) is 3. The van der Waals surface area contributed by atoms with Crippen molar-refractivity contribution in [3.05, 3.63) is 95.6 Å². The number of anilines is 1. The van der Waals surface area contributed by atoms with Gasteiger partial charge in [0.1, 0.15) is 6.04 Å². The summed E-state index contributed by atoms with van der Waals surface area (Å²) in [6, 6.07) is 22.8. The highest BCUT2D eigenvalue weighted by atomic mass is 32.2. The Hall–Kier alpha value is -2.96. The van der Waals surface area contributed by atoms with Crippen LogP contribution in [0.5, 0.6) is 0 Å². The molecule has 0 spiro atoms. The van der Waals surface area contributed by atoms with Crippen LogP contribution < -0.4 is 5.32 Å². The van der Waals surface area contributed by atoms with Gasteiger partial charge in [0.25, 0.3) is 0 Å². The number of fused-ring (bicyclic) bond motifs is 1. The second-order valence-corrected chi connectivity index (χ2v) is 9.28. The largest absolute Gasteiger partial charge is 0.325 e. The molecule has 0 aromatic heterocycles. The minimum Gasteiger partial charge on any atom is -0.325 e. The summed E-state index contributed by atoms with van der Waals surface area (Å²) in [5.41, 5.74) is 3.76. The SMILES string of the molecule is CCc1ccc(NC(=O)[C@@H]2Cc3ccccc3CN2S(=O)(=O)c2ccccc2)cc1. The summed E-state index contributed by atoms with van der Waals surface area (Å²) in [7, 11) is -3.83. The number of benzene rings is 3. The van der Waals surface area contributed by atoms with E-state index in [0.717, 1.165) is 17.5 Å². The minimum absolute atomic E-state index is 0.167. The molecular formula is C24H24N2O3S. The Morgan fingerprint density at radius 1 is 0.933 bits per heavy atom. The number of nitrogens with one attached hydrogen (secondary N) is 1. The van der Waals surface area contributed by atoms with E-state index in [4.69, 9.17) is 0 Å². The average molecular weight is 421 g/mol. The number of carbonyl (C=O) groups excluding carboxylic acids is 1. The fourth-order valence-corrected chi connectivity index (χ4v) is 5.34. The molecule has 1 atom stereocenters. The summed E-state index contributed by atoms with van der Waals surface area (Å²) in [6.45, 7) is 2.24. The number of amides is 1. The summed E-state index contributed by atoms with van der Waals surface area (Å²) in [5.74, 6) is -0.326. The van der Waals surface area contributed by atoms with E-state index < -0.39 is 16.1 Å². The third kappa shape index (κ3) is 4.01. The maximum Gasteiger partial charge on any atom is 0.244 e. The van der Waals surface area contributed by atoms with Crippen LogP contribution in [0.4, 0.5) is 5.69 Å². The Morgan fingerprint density at radius 2 is 1.57 bits per heavy atom. The lowest BCUT2D eigenvalue weighted by Gasteiger charge is -2.35.